The minimum absolute atomic E-state index is 0.545. The molecule has 0 radical (unpaired) electrons. The van der Waals surface area contributed by atoms with E-state index in [1.807, 2.05) is 31.7 Å². The second-order valence-corrected chi connectivity index (χ2v) is 6.01. The minimum Gasteiger partial charge on any atom is -0.354 e. The van der Waals surface area contributed by atoms with Crippen LogP contribution in [0.25, 0.3) is 0 Å². The summed E-state index contributed by atoms with van der Waals surface area (Å²) in [5, 5.41) is 16.3. The van der Waals surface area contributed by atoms with Crippen molar-refractivity contribution in [2.75, 3.05) is 39.5 Å². The van der Waals surface area contributed by atoms with Crippen LogP contribution in [0.15, 0.2) is 16.4 Å². The Morgan fingerprint density at radius 1 is 1.60 bits per heavy atom. The first-order valence-electron chi connectivity index (χ1n) is 6.27. The number of guanidine groups is 1. The number of nitriles is 1. The molecule has 0 aliphatic carbocycles. The summed E-state index contributed by atoms with van der Waals surface area (Å²) >= 11 is 3.27. The predicted molar refractivity (Wildman–Crippen MR) is 85.9 cm³/mol. The molecule has 0 aromatic carbocycles. The summed E-state index contributed by atoms with van der Waals surface area (Å²) in [6.45, 7) is 2.32. The topological polar surface area (TPSA) is 76.3 Å². The summed E-state index contributed by atoms with van der Waals surface area (Å²) in [6, 6.07) is 2.03. The fraction of sp³-hybridized carbons (Fsp3) is 0.583. The molecule has 0 atom stereocenters. The Balaban J connectivity index is 2.19. The largest absolute Gasteiger partial charge is 0.354 e. The van der Waals surface area contributed by atoms with E-state index in [4.69, 9.17) is 5.26 Å². The average Bonchev–Trinajstić information content (AvgIpc) is 2.91. The maximum absolute atomic E-state index is 8.67. The molecule has 0 saturated heterocycles. The Morgan fingerprint density at radius 2 is 2.45 bits per heavy atom. The molecular formula is C12H20N6S2. The van der Waals surface area contributed by atoms with E-state index in [1.54, 1.807) is 11.8 Å². The van der Waals surface area contributed by atoms with Gasteiger partial charge in [-0.15, -0.1) is 0 Å². The van der Waals surface area contributed by atoms with E-state index in [0.717, 1.165) is 30.3 Å². The smallest absolute Gasteiger partial charge is 0.204 e. The average molecular weight is 312 g/mol. The summed E-state index contributed by atoms with van der Waals surface area (Å²) in [4.78, 5) is 6.41. The van der Waals surface area contributed by atoms with Crippen molar-refractivity contribution in [3.63, 3.8) is 0 Å². The van der Waals surface area contributed by atoms with Crippen LogP contribution in [0.5, 0.6) is 0 Å². The lowest BCUT2D eigenvalue weighted by molar-refractivity contribution is 0.412. The third-order valence-electron chi connectivity index (χ3n) is 2.27. The van der Waals surface area contributed by atoms with Gasteiger partial charge >= 0.3 is 0 Å². The molecule has 0 fully saturated rings. The lowest BCUT2D eigenvalue weighted by Crippen LogP contribution is -2.38. The van der Waals surface area contributed by atoms with Crippen molar-refractivity contribution in [2.24, 2.45) is 4.99 Å². The third-order valence-corrected chi connectivity index (χ3v) is 3.84. The van der Waals surface area contributed by atoms with Gasteiger partial charge in [0.25, 0.3) is 0 Å². The quantitative estimate of drug-likeness (QED) is 0.245. The van der Waals surface area contributed by atoms with Crippen LogP contribution >= 0.6 is 23.3 Å². The highest BCUT2D eigenvalue weighted by molar-refractivity contribution is 7.98. The molecule has 0 amide bonds. The number of hydrogen-bond acceptors (Lipinski definition) is 6. The van der Waals surface area contributed by atoms with E-state index in [1.165, 1.54) is 11.5 Å². The number of rotatable bonds is 8. The molecule has 0 aliphatic rings. The number of likely N-dealkylation sites (N-methyl/N-ethyl adjacent to an activating group) is 1. The Bertz CT molecular complexity index is 424. The van der Waals surface area contributed by atoms with Gasteiger partial charge < -0.3 is 10.2 Å². The van der Waals surface area contributed by atoms with Gasteiger partial charge in [0.2, 0.25) is 5.96 Å². The molecule has 0 aliphatic heterocycles. The molecule has 1 aromatic heterocycles. The van der Waals surface area contributed by atoms with Crippen molar-refractivity contribution in [3.8, 4) is 6.19 Å². The first kappa shape index (κ1) is 16.8. The summed E-state index contributed by atoms with van der Waals surface area (Å²) in [5.74, 6) is 2.36. The van der Waals surface area contributed by atoms with Crippen LogP contribution in [0.3, 0.4) is 0 Å². The summed E-state index contributed by atoms with van der Waals surface area (Å²) in [6.07, 6.45) is 1.90. The molecule has 1 heterocycles. The number of nitrogens with zero attached hydrogens (tertiary/aromatic N) is 4. The maximum Gasteiger partial charge on any atom is 0.204 e. The van der Waals surface area contributed by atoms with Gasteiger partial charge in [0.05, 0.1) is 12.2 Å². The van der Waals surface area contributed by atoms with Crippen molar-refractivity contribution in [1.82, 2.24) is 19.9 Å². The first-order chi connectivity index (χ1) is 9.72. The van der Waals surface area contributed by atoms with Crippen molar-refractivity contribution < 1.29 is 0 Å². The highest BCUT2D eigenvalue weighted by Crippen LogP contribution is 2.10. The van der Waals surface area contributed by atoms with Gasteiger partial charge in [-0.2, -0.15) is 21.4 Å². The number of aliphatic imine (C=N–C) groups is 1. The molecule has 20 heavy (non-hydrogen) atoms. The van der Waals surface area contributed by atoms with Gasteiger partial charge in [-0.3, -0.25) is 10.3 Å². The lowest BCUT2D eigenvalue weighted by atomic mass is 10.5. The van der Waals surface area contributed by atoms with Crippen LogP contribution < -0.4 is 10.6 Å². The lowest BCUT2D eigenvalue weighted by Gasteiger charge is -2.11. The minimum atomic E-state index is 0.545. The number of thioether (sulfide) groups is 1. The fourth-order valence-corrected chi connectivity index (χ4v) is 2.66. The molecule has 0 bridgehead atoms. The second-order valence-electron chi connectivity index (χ2n) is 4.24. The third kappa shape index (κ3) is 7.99. The standard InChI is InChI=1S/C12H20N6S2/c1-18(2)6-4-14-12(16-10-13)15-5-8-19-9-11-3-7-20-17-11/h3,7H,4-6,8-9H2,1-2H3,(H2,14,15,16). The van der Waals surface area contributed by atoms with E-state index >= 15 is 0 Å². The highest BCUT2D eigenvalue weighted by Gasteiger charge is 1.98. The van der Waals surface area contributed by atoms with Crippen LogP contribution in [0.1, 0.15) is 5.69 Å². The van der Waals surface area contributed by atoms with E-state index in [-0.39, 0.29) is 0 Å². The Morgan fingerprint density at radius 3 is 3.10 bits per heavy atom. The molecule has 8 heteroatoms. The Hall–Kier alpha value is -1.30. The van der Waals surface area contributed by atoms with Gasteiger partial charge in [-0.25, -0.2) is 0 Å². The van der Waals surface area contributed by atoms with Gasteiger partial charge in [0, 0.05) is 30.0 Å². The van der Waals surface area contributed by atoms with E-state index in [2.05, 4.69) is 24.9 Å². The molecule has 6 nitrogen and oxygen atoms in total. The number of hydrogen-bond donors (Lipinski definition) is 2. The molecule has 0 saturated carbocycles. The van der Waals surface area contributed by atoms with Gasteiger partial charge in [0.15, 0.2) is 6.19 Å². The van der Waals surface area contributed by atoms with Crippen LogP contribution in [0, 0.1) is 11.5 Å². The fourth-order valence-electron chi connectivity index (χ4n) is 1.30. The summed E-state index contributed by atoms with van der Waals surface area (Å²) < 4.78 is 4.25. The molecule has 1 aromatic rings. The van der Waals surface area contributed by atoms with Crippen LogP contribution in [-0.2, 0) is 5.75 Å². The number of aromatic nitrogens is 1. The van der Waals surface area contributed by atoms with Gasteiger partial charge in [-0.1, -0.05) is 0 Å². The van der Waals surface area contributed by atoms with Crippen LogP contribution in [-0.4, -0.2) is 54.7 Å². The molecule has 2 N–H and O–H groups in total. The van der Waals surface area contributed by atoms with Crippen molar-refractivity contribution in [2.45, 2.75) is 5.75 Å². The van der Waals surface area contributed by atoms with Crippen LogP contribution in [0.4, 0.5) is 0 Å². The van der Waals surface area contributed by atoms with Gasteiger partial charge in [0.1, 0.15) is 0 Å². The summed E-state index contributed by atoms with van der Waals surface area (Å²) in [5.41, 5.74) is 1.11. The second kappa shape index (κ2) is 10.5. The zero-order valence-corrected chi connectivity index (χ0v) is 13.4. The van der Waals surface area contributed by atoms with Crippen molar-refractivity contribution in [3.05, 3.63) is 17.1 Å². The zero-order valence-electron chi connectivity index (χ0n) is 11.8. The van der Waals surface area contributed by atoms with Gasteiger partial charge in [-0.05, 0) is 31.7 Å². The zero-order chi connectivity index (χ0) is 14.6. The Labute approximate surface area is 128 Å². The molecule has 0 unspecified atom stereocenters. The van der Waals surface area contributed by atoms with Crippen molar-refractivity contribution in [1.29, 1.82) is 5.26 Å². The molecule has 110 valence electrons. The molecular weight excluding hydrogens is 292 g/mol. The predicted octanol–water partition coefficient (Wildman–Crippen LogP) is 0.954. The van der Waals surface area contributed by atoms with E-state index in [9.17, 15) is 0 Å². The maximum atomic E-state index is 8.67. The van der Waals surface area contributed by atoms with Crippen molar-refractivity contribution >= 4 is 29.3 Å². The highest BCUT2D eigenvalue weighted by atomic mass is 32.2. The SMILES string of the molecule is CN(C)CCN/C(=N/CCSCc1ccsn1)NC#N. The van der Waals surface area contributed by atoms with E-state index in [0.29, 0.717) is 12.5 Å². The monoisotopic (exact) mass is 312 g/mol. The van der Waals surface area contributed by atoms with Crippen LogP contribution in [0.2, 0.25) is 0 Å². The number of nitrogens with one attached hydrogen (secondary N) is 2. The summed E-state index contributed by atoms with van der Waals surface area (Å²) in [7, 11) is 4.01. The molecule has 1 rings (SSSR count). The molecule has 0 spiro atoms. The first-order valence-corrected chi connectivity index (χ1v) is 8.26. The Kier molecular flexibility index (Phi) is 8.78. The van der Waals surface area contributed by atoms with E-state index < -0.39 is 0 Å². The normalized spacial score (nSPS) is 11.4.